The fourth-order valence-corrected chi connectivity index (χ4v) is 6.32. The summed E-state index contributed by atoms with van der Waals surface area (Å²) in [5, 5.41) is 20.6. The Kier molecular flexibility index (Phi) is 9.89. The third-order valence-electron chi connectivity index (χ3n) is 9.11. The Morgan fingerprint density at radius 1 is 1.19 bits per heavy atom. The predicted molar refractivity (Wildman–Crippen MR) is 134 cm³/mol. The van der Waals surface area contributed by atoms with Gasteiger partial charge in [-0.2, -0.15) is 0 Å². The Morgan fingerprint density at radius 2 is 1.90 bits per heavy atom. The molecule has 0 aromatic heterocycles. The van der Waals surface area contributed by atoms with Crippen molar-refractivity contribution in [2.24, 2.45) is 29.1 Å². The van der Waals surface area contributed by atoms with Gasteiger partial charge in [0.15, 0.2) is 0 Å². The van der Waals surface area contributed by atoms with Crippen molar-refractivity contribution in [2.45, 2.75) is 131 Å². The standard InChI is InChI=1S/C29H52O2/c1-8-11-26-17-15-24(20-27(26)30)14-16-25-13-10-19-29(7,23(25)4)22(3)21(2)12-9-18-28(5,6)31/h14,16,21-23,26-27,30-31H,8-13,15,17-20H2,1-7H3/b24-14-,25-16+/t21?,22?,23?,26-,27+,29?/m0/s1. The van der Waals surface area contributed by atoms with Crippen LogP contribution in [0.15, 0.2) is 23.3 Å². The molecule has 0 aliphatic heterocycles. The van der Waals surface area contributed by atoms with Gasteiger partial charge in [0.1, 0.15) is 0 Å². The molecule has 4 unspecified atom stereocenters. The summed E-state index contributed by atoms with van der Waals surface area (Å²) in [6, 6.07) is 0. The lowest BCUT2D eigenvalue weighted by atomic mass is 9.57. The molecule has 0 aromatic rings. The van der Waals surface area contributed by atoms with Crippen molar-refractivity contribution in [1.82, 2.24) is 0 Å². The van der Waals surface area contributed by atoms with Crippen LogP contribution in [0.1, 0.15) is 119 Å². The van der Waals surface area contributed by atoms with Gasteiger partial charge in [0.2, 0.25) is 0 Å². The second kappa shape index (κ2) is 11.5. The summed E-state index contributed by atoms with van der Waals surface area (Å²) in [7, 11) is 0. The number of hydrogen-bond acceptors (Lipinski definition) is 2. The first-order valence-electron chi connectivity index (χ1n) is 13.3. The van der Waals surface area contributed by atoms with Gasteiger partial charge in [-0.15, -0.1) is 0 Å². The Labute approximate surface area is 193 Å². The molecule has 2 rings (SSSR count). The van der Waals surface area contributed by atoms with Crippen molar-refractivity contribution in [3.05, 3.63) is 23.3 Å². The van der Waals surface area contributed by atoms with E-state index in [9.17, 15) is 10.2 Å². The van der Waals surface area contributed by atoms with Crippen LogP contribution in [0.4, 0.5) is 0 Å². The Balaban J connectivity index is 2.01. The molecule has 0 bridgehead atoms. The number of aliphatic hydroxyl groups is 2. The fourth-order valence-electron chi connectivity index (χ4n) is 6.32. The van der Waals surface area contributed by atoms with Crippen LogP contribution < -0.4 is 0 Å². The fraction of sp³-hybridized carbons (Fsp3) is 0.862. The van der Waals surface area contributed by atoms with Crippen molar-refractivity contribution in [3.63, 3.8) is 0 Å². The zero-order valence-corrected chi connectivity index (χ0v) is 21.7. The Morgan fingerprint density at radius 3 is 2.52 bits per heavy atom. The summed E-state index contributed by atoms with van der Waals surface area (Å²) in [6.45, 7) is 15.9. The van der Waals surface area contributed by atoms with Crippen molar-refractivity contribution >= 4 is 0 Å². The van der Waals surface area contributed by atoms with Crippen LogP contribution >= 0.6 is 0 Å². The van der Waals surface area contributed by atoms with Crippen LogP contribution in [-0.2, 0) is 0 Å². The van der Waals surface area contributed by atoms with Gasteiger partial charge < -0.3 is 10.2 Å². The molecule has 2 aliphatic rings. The molecule has 0 spiro atoms. The maximum Gasteiger partial charge on any atom is 0.0605 e. The highest BCUT2D eigenvalue weighted by Gasteiger charge is 2.42. The molecule has 6 atom stereocenters. The van der Waals surface area contributed by atoms with E-state index in [0.717, 1.165) is 38.5 Å². The van der Waals surface area contributed by atoms with E-state index in [4.69, 9.17) is 0 Å². The smallest absolute Gasteiger partial charge is 0.0605 e. The third-order valence-corrected chi connectivity index (χ3v) is 9.11. The third kappa shape index (κ3) is 7.46. The lowest BCUT2D eigenvalue weighted by molar-refractivity contribution is 0.0470. The lowest BCUT2D eigenvalue weighted by Gasteiger charge is -2.48. The summed E-state index contributed by atoms with van der Waals surface area (Å²) in [4.78, 5) is 0. The number of allylic oxidation sites excluding steroid dienone is 3. The molecule has 0 aromatic carbocycles. The molecule has 2 saturated carbocycles. The van der Waals surface area contributed by atoms with E-state index in [1.165, 1.54) is 37.7 Å². The first-order valence-corrected chi connectivity index (χ1v) is 13.3. The molecular weight excluding hydrogens is 380 g/mol. The molecule has 2 aliphatic carbocycles. The Bertz CT molecular complexity index is 611. The topological polar surface area (TPSA) is 40.5 Å². The van der Waals surface area contributed by atoms with Crippen molar-refractivity contribution in [3.8, 4) is 0 Å². The van der Waals surface area contributed by atoms with E-state index in [0.29, 0.717) is 29.1 Å². The highest BCUT2D eigenvalue weighted by molar-refractivity contribution is 5.24. The maximum atomic E-state index is 10.5. The summed E-state index contributed by atoms with van der Waals surface area (Å²) >= 11 is 0. The zero-order valence-electron chi connectivity index (χ0n) is 21.7. The summed E-state index contributed by atoms with van der Waals surface area (Å²) < 4.78 is 0. The highest BCUT2D eigenvalue weighted by Crippen LogP contribution is 2.51. The van der Waals surface area contributed by atoms with Crippen LogP contribution in [0.25, 0.3) is 0 Å². The SMILES string of the molecule is CCC[C@H]1CC/C(=C/C=C2\CCCC(C)(C(C)C(C)CCCC(C)(C)O)C2C)C[C@H]1O. The van der Waals surface area contributed by atoms with Gasteiger partial charge in [-0.05, 0) is 94.3 Å². The summed E-state index contributed by atoms with van der Waals surface area (Å²) in [6.07, 6.45) is 17.2. The van der Waals surface area contributed by atoms with E-state index in [1.807, 2.05) is 13.8 Å². The first-order chi connectivity index (χ1) is 14.5. The highest BCUT2D eigenvalue weighted by atomic mass is 16.3. The average Bonchev–Trinajstić information content (AvgIpc) is 2.69. The van der Waals surface area contributed by atoms with Crippen molar-refractivity contribution in [2.75, 3.05) is 0 Å². The quantitative estimate of drug-likeness (QED) is 0.389. The van der Waals surface area contributed by atoms with Crippen molar-refractivity contribution in [1.29, 1.82) is 0 Å². The molecule has 2 fully saturated rings. The second-order valence-corrected chi connectivity index (χ2v) is 12.0. The van der Waals surface area contributed by atoms with Gasteiger partial charge in [0, 0.05) is 0 Å². The maximum absolute atomic E-state index is 10.5. The van der Waals surface area contributed by atoms with E-state index in [2.05, 4.69) is 46.8 Å². The lowest BCUT2D eigenvalue weighted by Crippen LogP contribution is -2.39. The molecule has 0 heterocycles. The molecule has 0 amide bonds. The van der Waals surface area contributed by atoms with Gasteiger partial charge in [-0.3, -0.25) is 0 Å². The molecule has 2 nitrogen and oxygen atoms in total. The van der Waals surface area contributed by atoms with E-state index in [1.54, 1.807) is 5.57 Å². The van der Waals surface area contributed by atoms with Crippen LogP contribution in [0, 0.1) is 29.1 Å². The van der Waals surface area contributed by atoms with Gasteiger partial charge in [0.25, 0.3) is 0 Å². The molecule has 2 N–H and O–H groups in total. The van der Waals surface area contributed by atoms with Crippen LogP contribution in [0.3, 0.4) is 0 Å². The predicted octanol–water partition coefficient (Wildman–Crippen LogP) is 7.84. The minimum atomic E-state index is -0.544. The molecule has 0 radical (unpaired) electrons. The van der Waals surface area contributed by atoms with Gasteiger partial charge in [0.05, 0.1) is 11.7 Å². The second-order valence-electron chi connectivity index (χ2n) is 12.0. The first kappa shape index (κ1) is 26.7. The average molecular weight is 433 g/mol. The van der Waals surface area contributed by atoms with E-state index >= 15 is 0 Å². The van der Waals surface area contributed by atoms with Gasteiger partial charge >= 0.3 is 0 Å². The molecule has 0 saturated heterocycles. The van der Waals surface area contributed by atoms with Crippen molar-refractivity contribution < 1.29 is 10.2 Å². The molecule has 31 heavy (non-hydrogen) atoms. The minimum absolute atomic E-state index is 0.142. The molecular formula is C29H52O2. The normalized spacial score (nSPS) is 34.8. The van der Waals surface area contributed by atoms with E-state index in [-0.39, 0.29) is 6.10 Å². The molecule has 180 valence electrons. The van der Waals surface area contributed by atoms with Crippen LogP contribution in [-0.4, -0.2) is 21.9 Å². The van der Waals surface area contributed by atoms with Crippen LogP contribution in [0.5, 0.6) is 0 Å². The number of aliphatic hydroxyl groups excluding tert-OH is 1. The van der Waals surface area contributed by atoms with Crippen LogP contribution in [0.2, 0.25) is 0 Å². The monoisotopic (exact) mass is 432 g/mol. The zero-order chi connectivity index (χ0) is 23.2. The van der Waals surface area contributed by atoms with Gasteiger partial charge in [-0.25, -0.2) is 0 Å². The molecule has 2 heteroatoms. The summed E-state index contributed by atoms with van der Waals surface area (Å²) in [5.74, 6) is 2.46. The van der Waals surface area contributed by atoms with Gasteiger partial charge in [-0.1, -0.05) is 77.2 Å². The number of hydrogen-bond donors (Lipinski definition) is 2. The summed E-state index contributed by atoms with van der Waals surface area (Å²) in [5.41, 5.74) is 2.86. The number of rotatable bonds is 9. The minimum Gasteiger partial charge on any atom is -0.393 e. The largest absolute Gasteiger partial charge is 0.393 e. The van der Waals surface area contributed by atoms with E-state index < -0.39 is 5.60 Å². The Hall–Kier alpha value is -0.600.